The Bertz CT molecular complexity index is 529. The number of benzene rings is 1. The van der Waals surface area contributed by atoms with Crippen molar-refractivity contribution in [3.63, 3.8) is 0 Å². The molecule has 0 aromatic heterocycles. The second kappa shape index (κ2) is 6.65. The van der Waals surface area contributed by atoms with Crippen LogP contribution in [0.25, 0.3) is 0 Å². The Morgan fingerprint density at radius 2 is 2.10 bits per heavy atom. The SMILES string of the molecule is CCC(C)N(CC(=O)O)C(=O)c1cccc([N+](=O)[O-])c1. The largest absolute Gasteiger partial charge is 0.480 e. The van der Waals surface area contributed by atoms with Crippen LogP contribution in [0.1, 0.15) is 30.6 Å². The van der Waals surface area contributed by atoms with E-state index in [4.69, 9.17) is 5.11 Å². The van der Waals surface area contributed by atoms with Crippen LogP contribution < -0.4 is 0 Å². The van der Waals surface area contributed by atoms with E-state index < -0.39 is 23.3 Å². The minimum Gasteiger partial charge on any atom is -0.480 e. The number of carbonyl (C=O) groups is 2. The Morgan fingerprint density at radius 1 is 1.45 bits per heavy atom. The van der Waals surface area contributed by atoms with Crippen LogP contribution in [0.4, 0.5) is 5.69 Å². The molecule has 1 aromatic carbocycles. The van der Waals surface area contributed by atoms with Gasteiger partial charge in [0.2, 0.25) is 0 Å². The quantitative estimate of drug-likeness (QED) is 0.633. The summed E-state index contributed by atoms with van der Waals surface area (Å²) >= 11 is 0. The van der Waals surface area contributed by atoms with Gasteiger partial charge in [0, 0.05) is 23.7 Å². The summed E-state index contributed by atoms with van der Waals surface area (Å²) in [5, 5.41) is 19.6. The number of hydrogen-bond acceptors (Lipinski definition) is 4. The highest BCUT2D eigenvalue weighted by atomic mass is 16.6. The third-order valence-corrected chi connectivity index (χ3v) is 2.99. The number of nitro benzene ring substituents is 1. The van der Waals surface area contributed by atoms with Gasteiger partial charge in [-0.3, -0.25) is 19.7 Å². The monoisotopic (exact) mass is 280 g/mol. The molecule has 108 valence electrons. The first-order valence-electron chi connectivity index (χ1n) is 6.14. The average Bonchev–Trinajstić information content (AvgIpc) is 2.43. The van der Waals surface area contributed by atoms with Crippen molar-refractivity contribution in [3.05, 3.63) is 39.9 Å². The van der Waals surface area contributed by atoms with Crippen molar-refractivity contribution < 1.29 is 19.6 Å². The van der Waals surface area contributed by atoms with Gasteiger partial charge in [0.05, 0.1) is 4.92 Å². The number of carbonyl (C=O) groups excluding carboxylic acids is 1. The maximum Gasteiger partial charge on any atom is 0.323 e. The molecule has 1 atom stereocenters. The molecule has 20 heavy (non-hydrogen) atoms. The fourth-order valence-electron chi connectivity index (χ4n) is 1.71. The first kappa shape index (κ1) is 15.6. The van der Waals surface area contributed by atoms with Crippen molar-refractivity contribution in [2.75, 3.05) is 6.54 Å². The van der Waals surface area contributed by atoms with Crippen molar-refractivity contribution in [1.29, 1.82) is 0 Å². The highest BCUT2D eigenvalue weighted by molar-refractivity contribution is 5.96. The molecule has 0 heterocycles. The van der Waals surface area contributed by atoms with E-state index in [9.17, 15) is 19.7 Å². The van der Waals surface area contributed by atoms with E-state index in [1.54, 1.807) is 6.92 Å². The Balaban J connectivity index is 3.08. The first-order valence-corrected chi connectivity index (χ1v) is 6.14. The summed E-state index contributed by atoms with van der Waals surface area (Å²) in [4.78, 5) is 34.4. The lowest BCUT2D eigenvalue weighted by molar-refractivity contribution is -0.384. The van der Waals surface area contributed by atoms with Gasteiger partial charge in [0.15, 0.2) is 0 Å². The molecule has 0 bridgehead atoms. The normalized spacial score (nSPS) is 11.7. The number of non-ortho nitro benzene ring substituents is 1. The molecule has 1 rings (SSSR count). The van der Waals surface area contributed by atoms with E-state index in [0.29, 0.717) is 6.42 Å². The van der Waals surface area contributed by atoms with Gasteiger partial charge in [-0.1, -0.05) is 13.0 Å². The fraction of sp³-hybridized carbons (Fsp3) is 0.385. The van der Waals surface area contributed by atoms with E-state index in [0.717, 1.165) is 6.07 Å². The zero-order chi connectivity index (χ0) is 15.3. The molecule has 0 spiro atoms. The van der Waals surface area contributed by atoms with Crippen molar-refractivity contribution in [1.82, 2.24) is 4.90 Å². The van der Waals surface area contributed by atoms with Crippen LogP contribution in [-0.4, -0.2) is 39.4 Å². The summed E-state index contributed by atoms with van der Waals surface area (Å²) in [5.41, 5.74) is -0.0870. The molecular weight excluding hydrogens is 264 g/mol. The molecule has 0 radical (unpaired) electrons. The standard InChI is InChI=1S/C13H16N2O5/c1-3-9(2)14(8-12(16)17)13(18)10-5-4-6-11(7-10)15(19)20/h4-7,9H,3,8H2,1-2H3,(H,16,17). The summed E-state index contributed by atoms with van der Waals surface area (Å²) in [6.45, 7) is 3.13. The maximum atomic E-state index is 12.3. The fourth-order valence-corrected chi connectivity index (χ4v) is 1.71. The summed E-state index contributed by atoms with van der Waals surface area (Å²) in [7, 11) is 0. The van der Waals surface area contributed by atoms with Crippen LogP contribution in [0.15, 0.2) is 24.3 Å². The zero-order valence-electron chi connectivity index (χ0n) is 11.3. The third kappa shape index (κ3) is 3.78. The predicted molar refractivity (Wildman–Crippen MR) is 71.5 cm³/mol. The molecule has 1 aromatic rings. The second-order valence-electron chi connectivity index (χ2n) is 4.39. The van der Waals surface area contributed by atoms with Crippen LogP contribution in [0.3, 0.4) is 0 Å². The first-order chi connectivity index (χ1) is 9.36. The molecule has 1 N–H and O–H groups in total. The molecule has 0 aliphatic heterocycles. The van der Waals surface area contributed by atoms with Gasteiger partial charge in [-0.15, -0.1) is 0 Å². The van der Waals surface area contributed by atoms with Crippen LogP contribution in [-0.2, 0) is 4.79 Å². The molecule has 0 saturated carbocycles. The number of nitro groups is 1. The van der Waals surface area contributed by atoms with Gasteiger partial charge >= 0.3 is 5.97 Å². The average molecular weight is 280 g/mol. The van der Waals surface area contributed by atoms with Crippen LogP contribution in [0.5, 0.6) is 0 Å². The van der Waals surface area contributed by atoms with Crippen molar-refractivity contribution >= 4 is 17.6 Å². The Kier molecular flexibility index (Phi) is 5.19. The lowest BCUT2D eigenvalue weighted by Gasteiger charge is -2.26. The van der Waals surface area contributed by atoms with E-state index in [2.05, 4.69) is 0 Å². The molecule has 7 heteroatoms. The van der Waals surface area contributed by atoms with E-state index in [1.165, 1.54) is 23.1 Å². The number of nitrogens with zero attached hydrogens (tertiary/aromatic N) is 2. The van der Waals surface area contributed by atoms with E-state index in [1.807, 2.05) is 6.92 Å². The smallest absolute Gasteiger partial charge is 0.323 e. The Morgan fingerprint density at radius 3 is 2.60 bits per heavy atom. The van der Waals surface area contributed by atoms with Crippen molar-refractivity contribution in [2.24, 2.45) is 0 Å². The number of rotatable bonds is 6. The predicted octanol–water partition coefficient (Wildman–Crippen LogP) is 1.92. The summed E-state index contributed by atoms with van der Waals surface area (Å²) in [6.07, 6.45) is 0.591. The molecule has 7 nitrogen and oxygen atoms in total. The Hall–Kier alpha value is -2.44. The van der Waals surface area contributed by atoms with Gasteiger partial charge in [0.1, 0.15) is 6.54 Å². The number of hydrogen-bond donors (Lipinski definition) is 1. The van der Waals surface area contributed by atoms with Gasteiger partial charge in [-0.25, -0.2) is 0 Å². The number of amides is 1. The summed E-state index contributed by atoms with van der Waals surface area (Å²) in [6, 6.07) is 5.01. The topological polar surface area (TPSA) is 101 Å². The number of carboxylic acids is 1. The van der Waals surface area contributed by atoms with Crippen LogP contribution in [0.2, 0.25) is 0 Å². The maximum absolute atomic E-state index is 12.3. The minimum atomic E-state index is -1.12. The van der Waals surface area contributed by atoms with Crippen molar-refractivity contribution in [2.45, 2.75) is 26.3 Å². The van der Waals surface area contributed by atoms with Crippen molar-refractivity contribution in [3.8, 4) is 0 Å². The zero-order valence-corrected chi connectivity index (χ0v) is 11.3. The molecule has 0 aliphatic carbocycles. The lowest BCUT2D eigenvalue weighted by Crippen LogP contribution is -2.41. The highest BCUT2D eigenvalue weighted by Crippen LogP contribution is 2.16. The molecule has 0 fully saturated rings. The number of aliphatic carboxylic acids is 1. The van der Waals surface area contributed by atoms with Gasteiger partial charge in [0.25, 0.3) is 11.6 Å². The summed E-state index contributed by atoms with van der Waals surface area (Å²) < 4.78 is 0. The van der Waals surface area contributed by atoms with Gasteiger partial charge in [-0.2, -0.15) is 0 Å². The third-order valence-electron chi connectivity index (χ3n) is 2.99. The minimum absolute atomic E-state index is 0.112. The van der Waals surface area contributed by atoms with Gasteiger partial charge < -0.3 is 10.0 Å². The highest BCUT2D eigenvalue weighted by Gasteiger charge is 2.23. The van der Waals surface area contributed by atoms with Gasteiger partial charge in [-0.05, 0) is 19.4 Å². The van der Waals surface area contributed by atoms with Crippen LogP contribution >= 0.6 is 0 Å². The van der Waals surface area contributed by atoms with E-state index in [-0.39, 0.29) is 17.3 Å². The molecule has 0 saturated heterocycles. The van der Waals surface area contributed by atoms with E-state index >= 15 is 0 Å². The number of carboxylic acid groups (broad SMARTS) is 1. The molecule has 1 unspecified atom stereocenters. The summed E-state index contributed by atoms with van der Waals surface area (Å²) in [5.74, 6) is -1.64. The molecule has 0 aliphatic rings. The second-order valence-corrected chi connectivity index (χ2v) is 4.39. The lowest BCUT2D eigenvalue weighted by atomic mass is 10.1. The molecular formula is C13H16N2O5. The molecule has 1 amide bonds. The Labute approximate surface area is 116 Å². The van der Waals surface area contributed by atoms with Crippen LogP contribution in [0, 0.1) is 10.1 Å².